The molecule has 0 spiro atoms. The first-order valence-corrected chi connectivity index (χ1v) is 9.18. The highest BCUT2D eigenvalue weighted by molar-refractivity contribution is 6.30. The molecule has 1 aromatic carbocycles. The van der Waals surface area contributed by atoms with Crippen LogP contribution in [0.4, 0.5) is 0 Å². The van der Waals surface area contributed by atoms with Crippen molar-refractivity contribution in [1.29, 1.82) is 0 Å². The van der Waals surface area contributed by atoms with E-state index in [0.717, 1.165) is 24.8 Å². The summed E-state index contributed by atoms with van der Waals surface area (Å²) in [6, 6.07) is 7.41. The average molecular weight is 347 g/mol. The number of hydrogen-bond acceptors (Lipinski definition) is 3. The molecule has 5 heteroatoms. The summed E-state index contributed by atoms with van der Waals surface area (Å²) in [4.78, 5) is 18.0. The lowest BCUT2D eigenvalue weighted by Gasteiger charge is -2.54. The molecule has 4 saturated carbocycles. The molecule has 4 bridgehead atoms. The van der Waals surface area contributed by atoms with Gasteiger partial charge in [-0.2, -0.15) is 0 Å². The van der Waals surface area contributed by atoms with Crippen molar-refractivity contribution >= 4 is 23.4 Å². The number of carbonyl (C=O) groups excluding carboxylic acids is 1. The Hall–Kier alpha value is -1.55. The summed E-state index contributed by atoms with van der Waals surface area (Å²) in [7, 11) is 0. The molecule has 0 amide bonds. The van der Waals surface area contributed by atoms with Crippen molar-refractivity contribution in [2.75, 3.05) is 0 Å². The number of carbonyl (C=O) groups is 1. The molecule has 0 saturated heterocycles. The molecular weight excluding hydrogens is 324 g/mol. The van der Waals surface area contributed by atoms with Gasteiger partial charge in [0, 0.05) is 11.4 Å². The van der Waals surface area contributed by atoms with Gasteiger partial charge >= 0.3 is 5.97 Å². The SMILES string of the molecule is N/C(Cc1ccc(Cl)cc1)=N\OC(=O)C12CC3CC(CC(C3)C1)C2. The van der Waals surface area contributed by atoms with Crippen LogP contribution in [-0.4, -0.2) is 11.8 Å². The van der Waals surface area contributed by atoms with E-state index < -0.39 is 0 Å². The van der Waals surface area contributed by atoms with E-state index in [-0.39, 0.29) is 11.4 Å². The Balaban J connectivity index is 1.40. The van der Waals surface area contributed by atoms with Crippen LogP contribution in [-0.2, 0) is 16.1 Å². The van der Waals surface area contributed by atoms with E-state index in [9.17, 15) is 4.79 Å². The Kier molecular flexibility index (Phi) is 4.03. The minimum absolute atomic E-state index is 0.166. The smallest absolute Gasteiger partial charge is 0.341 e. The molecule has 0 atom stereocenters. The first-order valence-electron chi connectivity index (χ1n) is 8.81. The van der Waals surface area contributed by atoms with Crippen LogP contribution in [0.15, 0.2) is 29.4 Å². The van der Waals surface area contributed by atoms with Crippen molar-refractivity contribution in [2.24, 2.45) is 34.1 Å². The van der Waals surface area contributed by atoms with Crippen LogP contribution in [0.25, 0.3) is 0 Å². The first kappa shape index (κ1) is 15.9. The minimum atomic E-state index is -0.293. The third-order valence-electron chi connectivity index (χ3n) is 6.02. The quantitative estimate of drug-likeness (QED) is 0.389. The number of amidine groups is 1. The number of nitrogens with zero attached hydrogens (tertiary/aromatic N) is 1. The predicted molar refractivity (Wildman–Crippen MR) is 93.5 cm³/mol. The standard InChI is InChI=1S/C19H23ClN2O2/c20-16-3-1-12(2-4-16)8-17(21)22-24-18(23)19-9-13-5-14(10-19)7-15(6-13)11-19/h1-4,13-15H,5-11H2,(H2,21,22). The van der Waals surface area contributed by atoms with Gasteiger partial charge in [0.25, 0.3) is 0 Å². The summed E-state index contributed by atoms with van der Waals surface area (Å²) in [6.07, 6.45) is 7.28. The second-order valence-corrected chi connectivity index (χ2v) is 8.40. The van der Waals surface area contributed by atoms with Gasteiger partial charge < -0.3 is 10.6 Å². The Bertz CT molecular complexity index is 633. The minimum Gasteiger partial charge on any atom is -0.384 e. The van der Waals surface area contributed by atoms with Crippen LogP contribution < -0.4 is 5.73 Å². The van der Waals surface area contributed by atoms with Gasteiger partial charge in [0.15, 0.2) is 0 Å². The Morgan fingerprint density at radius 1 is 1.12 bits per heavy atom. The summed E-state index contributed by atoms with van der Waals surface area (Å²) in [6.45, 7) is 0. The molecule has 5 rings (SSSR count). The molecular formula is C19H23ClN2O2. The van der Waals surface area contributed by atoms with Crippen LogP contribution >= 0.6 is 11.6 Å². The summed E-state index contributed by atoms with van der Waals surface area (Å²) < 4.78 is 0. The van der Waals surface area contributed by atoms with Gasteiger partial charge in [-0.3, -0.25) is 0 Å². The second kappa shape index (κ2) is 6.07. The van der Waals surface area contributed by atoms with Crippen molar-refractivity contribution < 1.29 is 9.63 Å². The second-order valence-electron chi connectivity index (χ2n) is 7.96. The zero-order valence-electron chi connectivity index (χ0n) is 13.7. The van der Waals surface area contributed by atoms with Crippen LogP contribution in [0.5, 0.6) is 0 Å². The molecule has 4 fully saturated rings. The van der Waals surface area contributed by atoms with Crippen LogP contribution in [0.1, 0.15) is 44.1 Å². The number of rotatable bonds is 4. The Morgan fingerprint density at radius 3 is 2.21 bits per heavy atom. The fraction of sp³-hybridized carbons (Fsp3) is 0.579. The number of halogens is 1. The van der Waals surface area contributed by atoms with Crippen molar-refractivity contribution in [3.05, 3.63) is 34.9 Å². The molecule has 2 N–H and O–H groups in total. The largest absolute Gasteiger partial charge is 0.384 e. The van der Waals surface area contributed by atoms with Crippen molar-refractivity contribution in [3.8, 4) is 0 Å². The zero-order chi connectivity index (χ0) is 16.7. The monoisotopic (exact) mass is 346 g/mol. The summed E-state index contributed by atoms with van der Waals surface area (Å²) >= 11 is 5.87. The summed E-state index contributed by atoms with van der Waals surface area (Å²) in [5.41, 5.74) is 6.62. The molecule has 4 aliphatic carbocycles. The fourth-order valence-electron chi connectivity index (χ4n) is 5.40. The lowest BCUT2D eigenvalue weighted by Crippen LogP contribution is -2.50. The molecule has 1 aromatic rings. The normalized spacial score (nSPS) is 34.4. The van der Waals surface area contributed by atoms with Crippen molar-refractivity contribution in [3.63, 3.8) is 0 Å². The number of benzene rings is 1. The van der Waals surface area contributed by atoms with Gasteiger partial charge in [0.1, 0.15) is 5.84 Å². The van der Waals surface area contributed by atoms with Crippen LogP contribution in [0.3, 0.4) is 0 Å². The number of oxime groups is 1. The Morgan fingerprint density at radius 2 is 1.67 bits per heavy atom. The van der Waals surface area contributed by atoms with Gasteiger partial charge in [0.05, 0.1) is 5.41 Å². The number of hydrogen-bond donors (Lipinski definition) is 1. The zero-order valence-corrected chi connectivity index (χ0v) is 14.5. The maximum Gasteiger partial charge on any atom is 0.341 e. The predicted octanol–water partition coefficient (Wildman–Crippen LogP) is 3.91. The topological polar surface area (TPSA) is 64.7 Å². The Labute approximate surface area is 147 Å². The van der Waals surface area contributed by atoms with Gasteiger partial charge in [-0.25, -0.2) is 4.79 Å². The van der Waals surface area contributed by atoms with Crippen molar-refractivity contribution in [2.45, 2.75) is 44.9 Å². The van der Waals surface area contributed by atoms with Gasteiger partial charge in [0.2, 0.25) is 0 Å². The third kappa shape index (κ3) is 3.04. The summed E-state index contributed by atoms with van der Waals surface area (Å²) in [5.74, 6) is 2.27. The highest BCUT2D eigenvalue weighted by Gasteiger charge is 2.55. The third-order valence-corrected chi connectivity index (χ3v) is 6.27. The molecule has 0 heterocycles. The van der Waals surface area contributed by atoms with Crippen LogP contribution in [0.2, 0.25) is 5.02 Å². The first-order chi connectivity index (χ1) is 11.5. The van der Waals surface area contributed by atoms with E-state index >= 15 is 0 Å². The highest BCUT2D eigenvalue weighted by atomic mass is 35.5. The molecule has 24 heavy (non-hydrogen) atoms. The van der Waals surface area contributed by atoms with E-state index in [0.29, 0.717) is 35.0 Å². The molecule has 128 valence electrons. The average Bonchev–Trinajstić information content (AvgIpc) is 2.53. The molecule has 4 nitrogen and oxygen atoms in total. The van der Waals surface area contributed by atoms with Crippen LogP contribution in [0, 0.1) is 23.2 Å². The maximum absolute atomic E-state index is 12.7. The van der Waals surface area contributed by atoms with Crippen molar-refractivity contribution in [1.82, 2.24) is 0 Å². The molecule has 4 aliphatic rings. The molecule has 0 unspecified atom stereocenters. The lowest BCUT2D eigenvalue weighted by molar-refractivity contribution is -0.171. The molecule has 0 aliphatic heterocycles. The summed E-state index contributed by atoms with van der Waals surface area (Å²) in [5, 5.41) is 4.59. The van der Waals surface area contributed by atoms with Gasteiger partial charge in [-0.15, -0.1) is 0 Å². The maximum atomic E-state index is 12.7. The number of nitrogens with two attached hydrogens (primary N) is 1. The van der Waals surface area contributed by atoms with E-state index in [1.807, 2.05) is 24.3 Å². The van der Waals surface area contributed by atoms with Gasteiger partial charge in [-0.05, 0) is 74.0 Å². The molecule has 0 radical (unpaired) electrons. The van der Waals surface area contributed by atoms with E-state index in [2.05, 4.69) is 5.16 Å². The van der Waals surface area contributed by atoms with E-state index in [4.69, 9.17) is 22.2 Å². The van der Waals surface area contributed by atoms with E-state index in [1.54, 1.807) is 0 Å². The molecule has 0 aromatic heterocycles. The van der Waals surface area contributed by atoms with Gasteiger partial charge in [-0.1, -0.05) is 28.9 Å². The fourth-order valence-corrected chi connectivity index (χ4v) is 5.53. The van der Waals surface area contributed by atoms with E-state index in [1.165, 1.54) is 19.3 Å². The lowest BCUT2D eigenvalue weighted by atomic mass is 9.49. The highest BCUT2D eigenvalue weighted by Crippen LogP contribution is 2.60.